The van der Waals surface area contributed by atoms with Gasteiger partial charge in [-0.15, -0.1) is 0 Å². The Bertz CT molecular complexity index is 1120. The normalized spacial score (nSPS) is 12.3. The summed E-state index contributed by atoms with van der Waals surface area (Å²) in [7, 11) is 2.84. The van der Waals surface area contributed by atoms with Crippen LogP contribution in [0.5, 0.6) is 11.5 Å². The third-order valence-electron chi connectivity index (χ3n) is 4.59. The number of ether oxygens (including phenoxy) is 2. The first-order valence-corrected chi connectivity index (χ1v) is 9.62. The summed E-state index contributed by atoms with van der Waals surface area (Å²) in [5, 5.41) is 16.7. The molecule has 1 atom stereocenters. The Morgan fingerprint density at radius 1 is 1.22 bits per heavy atom. The molecule has 1 unspecified atom stereocenters. The average Bonchev–Trinajstić information content (AvgIpc) is 3.23. The van der Waals surface area contributed by atoms with E-state index in [-0.39, 0.29) is 17.3 Å². The highest BCUT2D eigenvalue weighted by atomic mass is 35.5. The summed E-state index contributed by atoms with van der Waals surface area (Å²) in [6, 6.07) is 10.3. The summed E-state index contributed by atoms with van der Waals surface area (Å²) in [6.07, 6.45) is -5.32. The number of amides is 1. The lowest BCUT2D eigenvalue weighted by molar-refractivity contribution is -0.143. The Balaban J connectivity index is 1.86. The Hall–Kier alpha value is -3.24. The van der Waals surface area contributed by atoms with Gasteiger partial charge < -0.3 is 19.9 Å². The van der Waals surface area contributed by atoms with Crippen molar-refractivity contribution in [1.29, 1.82) is 0 Å². The number of carbonyl (C=O) groups excluding carboxylic acids is 1. The number of nitrogens with zero attached hydrogens (tertiary/aromatic N) is 2. The number of aromatic nitrogens is 2. The summed E-state index contributed by atoms with van der Waals surface area (Å²) in [4.78, 5) is 12.6. The number of aliphatic hydroxyl groups excluding tert-OH is 1. The first-order valence-electron chi connectivity index (χ1n) is 9.25. The van der Waals surface area contributed by atoms with Gasteiger partial charge >= 0.3 is 6.18 Å². The van der Waals surface area contributed by atoms with Crippen LogP contribution >= 0.6 is 11.6 Å². The molecule has 0 fully saturated rings. The van der Waals surface area contributed by atoms with E-state index in [0.29, 0.717) is 21.7 Å². The highest BCUT2D eigenvalue weighted by Gasteiger charge is 2.40. The summed E-state index contributed by atoms with van der Waals surface area (Å²) >= 11 is 5.87. The number of nitrogens with one attached hydrogen (secondary N) is 1. The molecule has 0 radical (unpaired) electrons. The molecule has 3 aromatic rings. The largest absolute Gasteiger partial charge is 0.497 e. The van der Waals surface area contributed by atoms with Gasteiger partial charge in [0.25, 0.3) is 5.91 Å². The zero-order valence-electron chi connectivity index (χ0n) is 17.0. The lowest BCUT2D eigenvalue weighted by Crippen LogP contribution is -2.30. The Morgan fingerprint density at radius 3 is 2.59 bits per heavy atom. The molecule has 32 heavy (non-hydrogen) atoms. The van der Waals surface area contributed by atoms with Gasteiger partial charge in [0.1, 0.15) is 17.6 Å². The molecule has 0 aliphatic heterocycles. The van der Waals surface area contributed by atoms with Crippen LogP contribution in [0, 0.1) is 0 Å². The van der Waals surface area contributed by atoms with Crippen LogP contribution in [0.25, 0.3) is 5.69 Å². The third kappa shape index (κ3) is 4.97. The van der Waals surface area contributed by atoms with Crippen molar-refractivity contribution in [3.05, 3.63) is 70.5 Å². The van der Waals surface area contributed by atoms with E-state index in [4.69, 9.17) is 21.1 Å². The van der Waals surface area contributed by atoms with Gasteiger partial charge in [-0.25, -0.2) is 4.68 Å². The Labute approximate surface area is 186 Å². The molecule has 170 valence electrons. The van der Waals surface area contributed by atoms with Gasteiger partial charge in [0.2, 0.25) is 0 Å². The zero-order chi connectivity index (χ0) is 23.5. The van der Waals surface area contributed by atoms with E-state index in [1.165, 1.54) is 44.6 Å². The molecule has 0 aliphatic rings. The predicted molar refractivity (Wildman–Crippen MR) is 110 cm³/mol. The van der Waals surface area contributed by atoms with Crippen LogP contribution in [-0.2, 0) is 6.18 Å². The molecule has 3 rings (SSSR count). The van der Waals surface area contributed by atoms with Crippen molar-refractivity contribution in [2.24, 2.45) is 0 Å². The van der Waals surface area contributed by atoms with Crippen LogP contribution in [0.4, 0.5) is 13.2 Å². The molecule has 2 N–H and O–H groups in total. The average molecular weight is 470 g/mol. The maximum absolute atomic E-state index is 13.8. The van der Waals surface area contributed by atoms with Gasteiger partial charge in [-0.2, -0.15) is 18.3 Å². The fourth-order valence-corrected chi connectivity index (χ4v) is 3.27. The zero-order valence-corrected chi connectivity index (χ0v) is 17.7. The van der Waals surface area contributed by atoms with Crippen molar-refractivity contribution in [1.82, 2.24) is 15.1 Å². The Kier molecular flexibility index (Phi) is 6.95. The van der Waals surface area contributed by atoms with Crippen molar-refractivity contribution < 1.29 is 32.5 Å². The third-order valence-corrected chi connectivity index (χ3v) is 4.82. The number of benzene rings is 2. The van der Waals surface area contributed by atoms with Crippen molar-refractivity contribution in [2.75, 3.05) is 20.8 Å². The second-order valence-corrected chi connectivity index (χ2v) is 7.07. The van der Waals surface area contributed by atoms with Crippen LogP contribution < -0.4 is 14.8 Å². The molecule has 7 nitrogen and oxygen atoms in total. The number of hydrogen-bond donors (Lipinski definition) is 2. The molecular formula is C21H19ClF3N3O4. The summed E-state index contributed by atoms with van der Waals surface area (Å²) in [6.45, 7) is -0.373. The molecule has 11 heteroatoms. The van der Waals surface area contributed by atoms with Crippen molar-refractivity contribution in [3.8, 4) is 17.2 Å². The number of methoxy groups -OCH3 is 2. The van der Waals surface area contributed by atoms with E-state index in [2.05, 4.69) is 10.4 Å². The molecule has 0 aliphatic carbocycles. The number of aliphatic hydroxyl groups is 1. The molecular weight excluding hydrogens is 451 g/mol. The standard InChI is InChI=1S/C21H19ClF3N3O4/c1-31-14-6-7-18(32-2)15(9-14)17(29)11-26-20(30)16-10-27-28(19(16)21(23,24)25)13-5-3-4-12(22)8-13/h3-10,17,29H,11H2,1-2H3,(H,26,30). The number of halogens is 4. The predicted octanol–water partition coefficient (Wildman–Crippen LogP) is 4.03. The molecule has 2 aromatic carbocycles. The summed E-state index contributed by atoms with van der Waals surface area (Å²) in [5.41, 5.74) is -1.60. The van der Waals surface area contributed by atoms with Gasteiger partial charge in [-0.3, -0.25) is 4.79 Å². The monoisotopic (exact) mass is 469 g/mol. The highest BCUT2D eigenvalue weighted by Crippen LogP contribution is 2.34. The van der Waals surface area contributed by atoms with Gasteiger partial charge in [0.15, 0.2) is 5.69 Å². The first kappa shape index (κ1) is 23.4. The minimum Gasteiger partial charge on any atom is -0.497 e. The number of alkyl halides is 3. The maximum Gasteiger partial charge on any atom is 0.434 e. The van der Waals surface area contributed by atoms with Crippen molar-refractivity contribution >= 4 is 17.5 Å². The molecule has 0 saturated carbocycles. The summed E-state index contributed by atoms with van der Waals surface area (Å²) in [5.74, 6) is -0.280. The lowest BCUT2D eigenvalue weighted by atomic mass is 10.1. The highest BCUT2D eigenvalue weighted by molar-refractivity contribution is 6.30. The van der Waals surface area contributed by atoms with Crippen LogP contribution in [-0.4, -0.2) is 41.6 Å². The second kappa shape index (κ2) is 9.49. The van der Waals surface area contributed by atoms with Crippen LogP contribution in [0.1, 0.15) is 27.7 Å². The topological polar surface area (TPSA) is 85.6 Å². The smallest absolute Gasteiger partial charge is 0.434 e. The van der Waals surface area contributed by atoms with Crippen LogP contribution in [0.15, 0.2) is 48.7 Å². The van der Waals surface area contributed by atoms with Crippen LogP contribution in [0.3, 0.4) is 0 Å². The van der Waals surface area contributed by atoms with Crippen LogP contribution in [0.2, 0.25) is 5.02 Å². The quantitative estimate of drug-likeness (QED) is 0.546. The molecule has 0 bridgehead atoms. The molecule has 1 heterocycles. The van der Waals surface area contributed by atoms with Gasteiger partial charge in [-0.1, -0.05) is 17.7 Å². The van der Waals surface area contributed by atoms with E-state index in [1.807, 2.05) is 0 Å². The van der Waals surface area contributed by atoms with E-state index < -0.39 is 29.4 Å². The first-order chi connectivity index (χ1) is 15.2. The van der Waals surface area contributed by atoms with E-state index >= 15 is 0 Å². The number of carbonyl (C=O) groups is 1. The Morgan fingerprint density at radius 2 is 1.97 bits per heavy atom. The number of rotatable bonds is 7. The van der Waals surface area contributed by atoms with E-state index in [1.54, 1.807) is 12.1 Å². The minimum atomic E-state index is -4.87. The SMILES string of the molecule is COc1ccc(OC)c(C(O)CNC(=O)c2cnn(-c3cccc(Cl)c3)c2C(F)(F)F)c1. The van der Waals surface area contributed by atoms with Gasteiger partial charge in [0, 0.05) is 17.1 Å². The van der Waals surface area contributed by atoms with E-state index in [9.17, 15) is 23.1 Å². The van der Waals surface area contributed by atoms with Crippen molar-refractivity contribution in [3.63, 3.8) is 0 Å². The lowest BCUT2D eigenvalue weighted by Gasteiger charge is -2.17. The fraction of sp³-hybridized carbons (Fsp3) is 0.238. The number of hydrogen-bond acceptors (Lipinski definition) is 5. The van der Waals surface area contributed by atoms with Gasteiger partial charge in [-0.05, 0) is 36.4 Å². The maximum atomic E-state index is 13.8. The molecule has 0 spiro atoms. The second-order valence-electron chi connectivity index (χ2n) is 6.63. The van der Waals surface area contributed by atoms with Crippen molar-refractivity contribution in [2.45, 2.75) is 12.3 Å². The minimum absolute atomic E-state index is 0.0463. The molecule has 1 amide bonds. The molecule has 0 saturated heterocycles. The fourth-order valence-electron chi connectivity index (χ4n) is 3.09. The summed E-state index contributed by atoms with van der Waals surface area (Å²) < 4.78 is 52.2. The van der Waals surface area contributed by atoms with E-state index in [0.717, 1.165) is 6.20 Å². The van der Waals surface area contributed by atoms with Gasteiger partial charge in [0.05, 0.1) is 31.7 Å². The molecule has 1 aromatic heterocycles.